The summed E-state index contributed by atoms with van der Waals surface area (Å²) in [4.78, 5) is 16.9. The summed E-state index contributed by atoms with van der Waals surface area (Å²) in [6, 6.07) is 6.43. The van der Waals surface area contributed by atoms with E-state index in [4.69, 9.17) is 0 Å². The first-order valence-electron chi connectivity index (χ1n) is 9.00. The minimum Gasteiger partial charge on any atom is -0.301 e. The van der Waals surface area contributed by atoms with Crippen LogP contribution in [0.2, 0.25) is 0 Å². The van der Waals surface area contributed by atoms with Crippen LogP contribution >= 0.6 is 23.1 Å². The summed E-state index contributed by atoms with van der Waals surface area (Å²) in [5, 5.41) is 23.2. The van der Waals surface area contributed by atoms with E-state index in [1.54, 1.807) is 0 Å². The molecular formula is C21H21N5OS2. The number of carbonyl (C=O) groups excluding carboxylic acids is 1. The summed E-state index contributed by atoms with van der Waals surface area (Å²) in [7, 11) is 0. The lowest BCUT2D eigenvalue weighted by molar-refractivity contribution is -0.113. The highest BCUT2D eigenvalue weighted by Gasteiger charge is 2.15. The Bertz CT molecular complexity index is 1130. The fourth-order valence-electron chi connectivity index (χ4n) is 2.80. The second-order valence-electron chi connectivity index (χ2n) is 6.83. The summed E-state index contributed by atoms with van der Waals surface area (Å²) in [6.07, 6.45) is 0. The first-order valence-corrected chi connectivity index (χ1v) is 10.9. The summed E-state index contributed by atoms with van der Waals surface area (Å²) in [5.74, 6) is -0.0692. The molecule has 0 spiro atoms. The fraction of sp³-hybridized carbons (Fsp3) is 0.286. The highest BCUT2D eigenvalue weighted by molar-refractivity contribution is 8.00. The lowest BCUT2D eigenvalue weighted by Gasteiger charge is -2.07. The number of anilines is 1. The standard InChI is InChI=1S/C21H21N5OS2/c1-11-6-13(3)16(7-12(11)2)18-9-29-21(23-18)24-19(27)10-28-20-17(8-22)14(4)15(5)25-26-20/h6-7,9H,10H2,1-5H3,(H,23,24,27). The zero-order valence-corrected chi connectivity index (χ0v) is 18.6. The molecule has 1 aromatic carbocycles. The third-order valence-electron chi connectivity index (χ3n) is 4.74. The lowest BCUT2D eigenvalue weighted by atomic mass is 9.99. The minimum atomic E-state index is -0.198. The van der Waals surface area contributed by atoms with E-state index in [-0.39, 0.29) is 11.7 Å². The third-order valence-corrected chi connectivity index (χ3v) is 6.46. The number of hydrogen-bond donors (Lipinski definition) is 1. The van der Waals surface area contributed by atoms with Gasteiger partial charge in [0.2, 0.25) is 5.91 Å². The number of amides is 1. The summed E-state index contributed by atoms with van der Waals surface area (Å²) in [5.41, 5.74) is 7.52. The fourth-order valence-corrected chi connectivity index (χ4v) is 4.31. The third kappa shape index (κ3) is 4.63. The van der Waals surface area contributed by atoms with Gasteiger partial charge >= 0.3 is 0 Å². The van der Waals surface area contributed by atoms with Gasteiger partial charge in [0.05, 0.1) is 22.7 Å². The SMILES string of the molecule is Cc1cc(C)c(-c2csc(NC(=O)CSc3nnc(C)c(C)c3C#N)n2)cc1C. The monoisotopic (exact) mass is 423 g/mol. The summed E-state index contributed by atoms with van der Waals surface area (Å²) >= 11 is 2.59. The number of thioether (sulfide) groups is 1. The molecule has 29 heavy (non-hydrogen) atoms. The number of hydrogen-bond acceptors (Lipinski definition) is 7. The van der Waals surface area contributed by atoms with Crippen molar-refractivity contribution in [2.75, 3.05) is 11.1 Å². The maximum Gasteiger partial charge on any atom is 0.236 e. The number of carbonyl (C=O) groups is 1. The molecule has 0 aliphatic carbocycles. The maximum absolute atomic E-state index is 12.4. The molecule has 0 fully saturated rings. The van der Waals surface area contributed by atoms with Gasteiger partial charge in [-0.05, 0) is 62.9 Å². The Morgan fingerprint density at radius 3 is 2.59 bits per heavy atom. The second kappa shape index (κ2) is 8.72. The van der Waals surface area contributed by atoms with Crippen molar-refractivity contribution in [1.29, 1.82) is 5.26 Å². The summed E-state index contributed by atoms with van der Waals surface area (Å²) in [6.45, 7) is 9.87. The molecule has 8 heteroatoms. The summed E-state index contributed by atoms with van der Waals surface area (Å²) < 4.78 is 0. The maximum atomic E-state index is 12.4. The van der Waals surface area contributed by atoms with Crippen molar-refractivity contribution in [3.8, 4) is 17.3 Å². The molecule has 0 aliphatic heterocycles. The Balaban J connectivity index is 1.68. The van der Waals surface area contributed by atoms with Crippen LogP contribution in [0.3, 0.4) is 0 Å². The largest absolute Gasteiger partial charge is 0.301 e. The predicted molar refractivity (Wildman–Crippen MR) is 117 cm³/mol. The van der Waals surface area contributed by atoms with Crippen molar-refractivity contribution in [1.82, 2.24) is 15.2 Å². The topological polar surface area (TPSA) is 91.6 Å². The molecular weight excluding hydrogens is 402 g/mol. The van der Waals surface area contributed by atoms with Crippen molar-refractivity contribution in [3.05, 3.63) is 51.0 Å². The highest BCUT2D eigenvalue weighted by Crippen LogP contribution is 2.30. The number of nitrogens with zero attached hydrogens (tertiary/aromatic N) is 4. The Labute approximate surface area is 178 Å². The number of thiazole rings is 1. The molecule has 0 unspecified atom stereocenters. The number of nitrogens with one attached hydrogen (secondary N) is 1. The van der Waals surface area contributed by atoms with Crippen molar-refractivity contribution in [2.45, 2.75) is 39.6 Å². The lowest BCUT2D eigenvalue weighted by Crippen LogP contribution is -2.14. The quantitative estimate of drug-likeness (QED) is 0.596. The smallest absolute Gasteiger partial charge is 0.236 e. The van der Waals surface area contributed by atoms with Gasteiger partial charge < -0.3 is 5.32 Å². The average molecular weight is 424 g/mol. The zero-order valence-electron chi connectivity index (χ0n) is 17.0. The van der Waals surface area contributed by atoms with E-state index in [0.29, 0.717) is 21.4 Å². The molecule has 0 atom stereocenters. The Kier molecular flexibility index (Phi) is 6.30. The van der Waals surface area contributed by atoms with Gasteiger partial charge in [-0.2, -0.15) is 10.4 Å². The molecule has 6 nitrogen and oxygen atoms in total. The molecule has 0 radical (unpaired) electrons. The van der Waals surface area contributed by atoms with Crippen molar-refractivity contribution in [3.63, 3.8) is 0 Å². The zero-order chi connectivity index (χ0) is 21.1. The number of aromatic nitrogens is 3. The van der Waals surface area contributed by atoms with Crippen LogP contribution in [-0.2, 0) is 4.79 Å². The molecule has 1 N–H and O–H groups in total. The van der Waals surface area contributed by atoms with Crippen LogP contribution in [0.15, 0.2) is 22.5 Å². The van der Waals surface area contributed by atoms with Gasteiger partial charge in [-0.1, -0.05) is 17.8 Å². The molecule has 2 aromatic heterocycles. The molecule has 148 valence electrons. The van der Waals surface area contributed by atoms with Crippen LogP contribution < -0.4 is 5.32 Å². The molecule has 3 rings (SSSR count). The van der Waals surface area contributed by atoms with Crippen LogP contribution in [0.1, 0.15) is 33.5 Å². The first-order chi connectivity index (χ1) is 13.8. The van der Waals surface area contributed by atoms with Gasteiger partial charge in [0.15, 0.2) is 5.13 Å². The van der Waals surface area contributed by atoms with Crippen LogP contribution in [0.25, 0.3) is 11.3 Å². The van der Waals surface area contributed by atoms with Crippen LogP contribution in [-0.4, -0.2) is 26.8 Å². The van der Waals surface area contributed by atoms with E-state index in [9.17, 15) is 10.1 Å². The number of benzene rings is 1. The first kappa shape index (κ1) is 21.0. The molecule has 1 amide bonds. The van der Waals surface area contributed by atoms with Gasteiger partial charge in [0, 0.05) is 10.9 Å². The average Bonchev–Trinajstić information content (AvgIpc) is 3.13. The molecule has 0 aliphatic rings. The Morgan fingerprint density at radius 1 is 1.14 bits per heavy atom. The minimum absolute atomic E-state index is 0.128. The van der Waals surface area contributed by atoms with E-state index in [2.05, 4.69) is 59.5 Å². The van der Waals surface area contributed by atoms with E-state index in [1.807, 2.05) is 19.2 Å². The normalized spacial score (nSPS) is 10.6. The second-order valence-corrected chi connectivity index (χ2v) is 8.65. The number of rotatable bonds is 5. The van der Waals surface area contributed by atoms with E-state index in [0.717, 1.165) is 22.4 Å². The van der Waals surface area contributed by atoms with E-state index in [1.165, 1.54) is 34.2 Å². The molecule has 0 bridgehead atoms. The van der Waals surface area contributed by atoms with Crippen molar-refractivity contribution >= 4 is 34.1 Å². The molecule has 3 aromatic rings. The van der Waals surface area contributed by atoms with E-state index < -0.39 is 0 Å². The molecule has 2 heterocycles. The van der Waals surface area contributed by atoms with Gasteiger partial charge in [-0.25, -0.2) is 4.98 Å². The molecule has 0 saturated heterocycles. The van der Waals surface area contributed by atoms with Gasteiger partial charge in [-0.15, -0.1) is 16.4 Å². The Morgan fingerprint density at radius 2 is 1.86 bits per heavy atom. The van der Waals surface area contributed by atoms with Gasteiger partial charge in [0.1, 0.15) is 11.1 Å². The van der Waals surface area contributed by atoms with Crippen molar-refractivity contribution < 1.29 is 4.79 Å². The van der Waals surface area contributed by atoms with E-state index >= 15 is 0 Å². The van der Waals surface area contributed by atoms with Gasteiger partial charge in [-0.3, -0.25) is 4.79 Å². The highest BCUT2D eigenvalue weighted by atomic mass is 32.2. The number of nitriles is 1. The van der Waals surface area contributed by atoms with Crippen LogP contribution in [0.5, 0.6) is 0 Å². The van der Waals surface area contributed by atoms with Gasteiger partial charge in [0.25, 0.3) is 0 Å². The van der Waals surface area contributed by atoms with Crippen molar-refractivity contribution in [2.24, 2.45) is 0 Å². The number of aryl methyl sites for hydroxylation is 4. The van der Waals surface area contributed by atoms with Crippen LogP contribution in [0.4, 0.5) is 5.13 Å². The predicted octanol–water partition coefficient (Wildman–Crippen LogP) is 4.74. The Hall–Kier alpha value is -2.76. The molecule has 0 saturated carbocycles. The van der Waals surface area contributed by atoms with Crippen LogP contribution in [0, 0.1) is 45.9 Å².